The second-order valence-electron chi connectivity index (χ2n) is 5.04. The van der Waals surface area contributed by atoms with E-state index in [0.717, 1.165) is 27.9 Å². The van der Waals surface area contributed by atoms with Crippen LogP contribution in [-0.4, -0.2) is 16.1 Å². The number of hydrogen-bond donors (Lipinski definition) is 1. The molecule has 1 aromatic heterocycles. The molecule has 120 valence electrons. The third-order valence-corrected chi connectivity index (χ3v) is 4.18. The topological polar surface area (TPSA) is 59.4 Å². The predicted molar refractivity (Wildman–Crippen MR) is 95.0 cm³/mol. The molecule has 1 heterocycles. The second kappa shape index (κ2) is 7.57. The molecule has 0 spiro atoms. The van der Waals surface area contributed by atoms with Gasteiger partial charge in [0.05, 0.1) is 5.69 Å². The summed E-state index contributed by atoms with van der Waals surface area (Å²) in [5.74, 6) is -0.297. The zero-order valence-corrected chi connectivity index (χ0v) is 13.6. The zero-order valence-electron chi connectivity index (χ0n) is 12.8. The smallest absolute Gasteiger partial charge is 0.328 e. The highest BCUT2D eigenvalue weighted by atomic mass is 32.1. The maximum absolute atomic E-state index is 10.6. The summed E-state index contributed by atoms with van der Waals surface area (Å²) in [6.45, 7) is 0.370. The SMILES string of the molecule is O=C(O)C=Cc1cccc(OCc2csc(-c3ccccc3)n2)c1. The minimum Gasteiger partial charge on any atom is -0.487 e. The Labute approximate surface area is 143 Å². The van der Waals surface area contributed by atoms with Crippen LogP contribution in [0.2, 0.25) is 0 Å². The molecule has 0 amide bonds. The molecule has 0 unspecified atom stereocenters. The van der Waals surface area contributed by atoms with E-state index in [2.05, 4.69) is 4.98 Å². The van der Waals surface area contributed by atoms with Gasteiger partial charge in [-0.25, -0.2) is 9.78 Å². The van der Waals surface area contributed by atoms with Crippen molar-refractivity contribution in [2.45, 2.75) is 6.61 Å². The van der Waals surface area contributed by atoms with Crippen LogP contribution in [0, 0.1) is 0 Å². The fourth-order valence-electron chi connectivity index (χ4n) is 2.12. The van der Waals surface area contributed by atoms with Gasteiger partial charge < -0.3 is 9.84 Å². The molecule has 0 atom stereocenters. The van der Waals surface area contributed by atoms with Crippen molar-refractivity contribution >= 4 is 23.4 Å². The van der Waals surface area contributed by atoms with E-state index < -0.39 is 5.97 Å². The van der Waals surface area contributed by atoms with E-state index in [4.69, 9.17) is 9.84 Å². The molecule has 0 saturated carbocycles. The Balaban J connectivity index is 1.65. The lowest BCUT2D eigenvalue weighted by molar-refractivity contribution is -0.131. The Morgan fingerprint density at radius 1 is 1.17 bits per heavy atom. The molecule has 3 rings (SSSR count). The number of ether oxygens (including phenoxy) is 1. The molecule has 0 fully saturated rings. The molecular formula is C19H15NO3S. The fraction of sp³-hybridized carbons (Fsp3) is 0.0526. The predicted octanol–water partition coefficient (Wildman–Crippen LogP) is 4.49. The Bertz CT molecular complexity index is 856. The molecule has 0 radical (unpaired) electrons. The molecule has 0 aliphatic carbocycles. The van der Waals surface area contributed by atoms with Gasteiger partial charge in [-0.15, -0.1) is 11.3 Å². The summed E-state index contributed by atoms with van der Waals surface area (Å²) in [5.41, 5.74) is 2.73. The van der Waals surface area contributed by atoms with E-state index in [1.807, 2.05) is 53.9 Å². The highest BCUT2D eigenvalue weighted by molar-refractivity contribution is 7.13. The normalized spacial score (nSPS) is 10.8. The zero-order chi connectivity index (χ0) is 16.8. The van der Waals surface area contributed by atoms with E-state index in [0.29, 0.717) is 12.4 Å². The number of benzene rings is 2. The number of thiazole rings is 1. The molecule has 4 nitrogen and oxygen atoms in total. The van der Waals surface area contributed by atoms with Gasteiger partial charge in [0.2, 0.25) is 0 Å². The third-order valence-electron chi connectivity index (χ3n) is 3.24. The number of aliphatic carboxylic acids is 1. The van der Waals surface area contributed by atoms with Gasteiger partial charge in [-0.3, -0.25) is 0 Å². The molecule has 2 aromatic carbocycles. The van der Waals surface area contributed by atoms with Crippen LogP contribution in [0.4, 0.5) is 0 Å². The molecule has 0 aliphatic rings. The molecule has 5 heteroatoms. The van der Waals surface area contributed by atoms with Crippen molar-refractivity contribution in [2.75, 3.05) is 0 Å². The number of rotatable bonds is 6. The number of nitrogens with zero attached hydrogens (tertiary/aromatic N) is 1. The van der Waals surface area contributed by atoms with Gasteiger partial charge >= 0.3 is 5.97 Å². The van der Waals surface area contributed by atoms with Crippen LogP contribution in [0.15, 0.2) is 66.1 Å². The lowest BCUT2D eigenvalue weighted by Crippen LogP contribution is -1.96. The number of carbonyl (C=O) groups is 1. The van der Waals surface area contributed by atoms with E-state index in [1.54, 1.807) is 17.4 Å². The number of carboxylic acid groups (broad SMARTS) is 1. The molecule has 1 N–H and O–H groups in total. The van der Waals surface area contributed by atoms with Gasteiger partial charge in [0, 0.05) is 17.0 Å². The van der Waals surface area contributed by atoms with E-state index >= 15 is 0 Å². The second-order valence-corrected chi connectivity index (χ2v) is 5.90. The van der Waals surface area contributed by atoms with Gasteiger partial charge in [0.15, 0.2) is 0 Å². The number of aromatic nitrogens is 1. The lowest BCUT2D eigenvalue weighted by Gasteiger charge is -2.05. The van der Waals surface area contributed by atoms with Crippen molar-refractivity contribution < 1.29 is 14.6 Å². The first-order valence-electron chi connectivity index (χ1n) is 7.34. The van der Waals surface area contributed by atoms with Crippen molar-refractivity contribution in [3.05, 3.63) is 77.3 Å². The summed E-state index contributed by atoms with van der Waals surface area (Å²) in [6, 6.07) is 17.3. The highest BCUT2D eigenvalue weighted by Crippen LogP contribution is 2.24. The first-order valence-corrected chi connectivity index (χ1v) is 8.22. The Kier molecular flexibility index (Phi) is 5.03. The first kappa shape index (κ1) is 16.0. The van der Waals surface area contributed by atoms with Crippen LogP contribution >= 0.6 is 11.3 Å². The van der Waals surface area contributed by atoms with Gasteiger partial charge in [-0.05, 0) is 23.8 Å². The average molecular weight is 337 g/mol. The van der Waals surface area contributed by atoms with Crippen LogP contribution in [0.3, 0.4) is 0 Å². The molecule has 3 aromatic rings. The van der Waals surface area contributed by atoms with Crippen LogP contribution in [0.5, 0.6) is 5.75 Å². The summed E-state index contributed by atoms with van der Waals surface area (Å²) < 4.78 is 5.75. The largest absolute Gasteiger partial charge is 0.487 e. The van der Waals surface area contributed by atoms with Crippen molar-refractivity contribution in [3.8, 4) is 16.3 Å². The van der Waals surface area contributed by atoms with Crippen LogP contribution in [0.25, 0.3) is 16.6 Å². The lowest BCUT2D eigenvalue weighted by atomic mass is 10.2. The van der Waals surface area contributed by atoms with E-state index in [-0.39, 0.29) is 0 Å². The van der Waals surface area contributed by atoms with Gasteiger partial charge in [-0.1, -0.05) is 42.5 Å². The highest BCUT2D eigenvalue weighted by Gasteiger charge is 2.05. The van der Waals surface area contributed by atoms with Gasteiger partial charge in [-0.2, -0.15) is 0 Å². The van der Waals surface area contributed by atoms with Crippen molar-refractivity contribution in [3.63, 3.8) is 0 Å². The third kappa shape index (κ3) is 4.30. The maximum atomic E-state index is 10.6. The van der Waals surface area contributed by atoms with Crippen LogP contribution in [0.1, 0.15) is 11.3 Å². The van der Waals surface area contributed by atoms with E-state index in [9.17, 15) is 4.79 Å². The Hall–Kier alpha value is -2.92. The van der Waals surface area contributed by atoms with Crippen LogP contribution < -0.4 is 4.74 Å². The van der Waals surface area contributed by atoms with Crippen molar-refractivity contribution in [2.24, 2.45) is 0 Å². The minimum atomic E-state index is -0.975. The Morgan fingerprint density at radius 2 is 2.00 bits per heavy atom. The minimum absolute atomic E-state index is 0.370. The average Bonchev–Trinajstić information content (AvgIpc) is 3.08. The summed E-state index contributed by atoms with van der Waals surface area (Å²) in [4.78, 5) is 15.1. The standard InChI is InChI=1S/C19H15NO3S/c21-18(22)10-9-14-5-4-8-17(11-14)23-12-16-13-24-19(20-16)15-6-2-1-3-7-15/h1-11,13H,12H2,(H,21,22). The molecule has 24 heavy (non-hydrogen) atoms. The summed E-state index contributed by atoms with van der Waals surface area (Å²) >= 11 is 1.58. The number of hydrogen-bond acceptors (Lipinski definition) is 4. The molecule has 0 aliphatic heterocycles. The summed E-state index contributed by atoms with van der Waals surface area (Å²) in [6.07, 6.45) is 2.64. The number of carboxylic acids is 1. The molecular weight excluding hydrogens is 322 g/mol. The monoisotopic (exact) mass is 337 g/mol. The Morgan fingerprint density at radius 3 is 2.79 bits per heavy atom. The fourth-order valence-corrected chi connectivity index (χ4v) is 2.93. The first-order chi connectivity index (χ1) is 11.7. The van der Waals surface area contributed by atoms with Crippen LogP contribution in [-0.2, 0) is 11.4 Å². The summed E-state index contributed by atoms with van der Waals surface area (Å²) in [7, 11) is 0. The van der Waals surface area contributed by atoms with Gasteiger partial charge in [0.25, 0.3) is 0 Å². The molecule has 0 bridgehead atoms. The van der Waals surface area contributed by atoms with Crippen molar-refractivity contribution in [1.82, 2.24) is 4.98 Å². The quantitative estimate of drug-likeness (QED) is 0.673. The summed E-state index contributed by atoms with van der Waals surface area (Å²) in [5, 5.41) is 11.6. The maximum Gasteiger partial charge on any atom is 0.328 e. The van der Waals surface area contributed by atoms with E-state index in [1.165, 1.54) is 6.08 Å². The molecule has 0 saturated heterocycles. The van der Waals surface area contributed by atoms with Crippen molar-refractivity contribution in [1.29, 1.82) is 0 Å². The van der Waals surface area contributed by atoms with Gasteiger partial charge in [0.1, 0.15) is 17.4 Å².